The number of hydrogen-bond acceptors (Lipinski definition) is 3. The first-order valence-electron chi connectivity index (χ1n) is 10.1. The largest absolute Gasteiger partial charge is 0.478 e. The van der Waals surface area contributed by atoms with Gasteiger partial charge < -0.3 is 19.6 Å². The highest BCUT2D eigenvalue weighted by atomic mass is 27.0. The van der Waals surface area contributed by atoms with Gasteiger partial charge in [-0.25, -0.2) is 9.59 Å². The van der Waals surface area contributed by atoms with Crippen molar-refractivity contribution in [2.24, 2.45) is 0 Å². The molecule has 166 valence electrons. The lowest BCUT2D eigenvalue weighted by atomic mass is 10.0. The Labute approximate surface area is 182 Å². The molecule has 0 radical (unpaired) electrons. The first-order valence-corrected chi connectivity index (χ1v) is 11.5. The van der Waals surface area contributed by atoms with Crippen molar-refractivity contribution in [3.63, 3.8) is 0 Å². The number of hydrogen-bond donors (Lipinski definition) is 1. The lowest BCUT2D eigenvalue weighted by molar-refractivity contribution is -0.156. The number of likely N-dealkylation sites (N-methyl/N-ethyl adjacent to an activating group) is 1. The summed E-state index contributed by atoms with van der Waals surface area (Å²) < 4.78 is 46.0. The highest BCUT2D eigenvalue weighted by Gasteiger charge is 2.39. The summed E-state index contributed by atoms with van der Waals surface area (Å²) in [4.78, 5) is 27.0. The molecular formula is C20H28AlF3N2O4. The van der Waals surface area contributed by atoms with Gasteiger partial charge in [0.15, 0.2) is 0 Å². The minimum atomic E-state index is -4.66. The van der Waals surface area contributed by atoms with Crippen LogP contribution in [-0.2, 0) is 17.4 Å². The molecule has 2 rings (SSSR count). The minimum absolute atomic E-state index is 0.00765. The summed E-state index contributed by atoms with van der Waals surface area (Å²) in [5.74, 6) is -1.80. The van der Waals surface area contributed by atoms with Crippen molar-refractivity contribution >= 4 is 28.3 Å². The Morgan fingerprint density at radius 3 is 2.53 bits per heavy atom. The second-order valence-electron chi connectivity index (χ2n) is 7.80. The third kappa shape index (κ3) is 5.41. The average Bonchev–Trinajstić information content (AvgIpc) is 2.95. The number of halogens is 3. The number of carbonyl (C=O) groups excluding carboxylic acids is 1. The summed E-state index contributed by atoms with van der Waals surface area (Å²) >= 11 is 0.899. The molecule has 0 spiro atoms. The number of aliphatic carboxylic acids is 1. The Morgan fingerprint density at radius 1 is 1.37 bits per heavy atom. The molecule has 0 aliphatic carbocycles. The molecule has 1 aliphatic rings. The number of alkyl halides is 3. The van der Waals surface area contributed by atoms with E-state index in [1.807, 2.05) is 0 Å². The van der Waals surface area contributed by atoms with Gasteiger partial charge in [0, 0.05) is 13.6 Å². The van der Waals surface area contributed by atoms with Crippen LogP contribution in [0.3, 0.4) is 0 Å². The summed E-state index contributed by atoms with van der Waals surface area (Å²) in [6.07, 6.45) is -2.88. The second-order valence-corrected chi connectivity index (χ2v) is 8.43. The van der Waals surface area contributed by atoms with E-state index in [1.54, 1.807) is 23.8 Å². The number of benzene rings is 1. The van der Waals surface area contributed by atoms with Crippen molar-refractivity contribution < 1.29 is 32.6 Å². The quantitative estimate of drug-likeness (QED) is 0.595. The minimum Gasteiger partial charge on any atom is -0.478 e. The van der Waals surface area contributed by atoms with Gasteiger partial charge in [0.05, 0.1) is 11.6 Å². The van der Waals surface area contributed by atoms with Crippen LogP contribution in [0.4, 0.5) is 18.0 Å². The highest BCUT2D eigenvalue weighted by Crippen LogP contribution is 2.39. The molecule has 1 fully saturated rings. The van der Waals surface area contributed by atoms with Gasteiger partial charge in [-0.2, -0.15) is 13.2 Å². The predicted molar refractivity (Wildman–Crippen MR) is 108 cm³/mol. The van der Waals surface area contributed by atoms with Gasteiger partial charge in [-0.1, -0.05) is 13.0 Å². The van der Waals surface area contributed by atoms with E-state index >= 15 is 0 Å². The SMILES string of the molecule is CCC(C)(Oc1ccc(CCCC2CN([CH2][AlH2])C(=O)N2C)cc1C(F)(F)F)C(=O)O. The predicted octanol–water partition coefficient (Wildman–Crippen LogP) is 2.99. The number of nitrogens with zero attached hydrogens (tertiary/aromatic N) is 2. The van der Waals surface area contributed by atoms with Crippen molar-refractivity contribution in [1.82, 2.24) is 9.80 Å². The van der Waals surface area contributed by atoms with Crippen LogP contribution in [0.25, 0.3) is 0 Å². The van der Waals surface area contributed by atoms with Crippen LogP contribution in [-0.4, -0.2) is 73.8 Å². The molecule has 1 heterocycles. The maximum atomic E-state index is 13.6. The Balaban J connectivity index is 2.12. The number of carbonyl (C=O) groups is 2. The Kier molecular flexibility index (Phi) is 7.70. The van der Waals surface area contributed by atoms with E-state index < -0.39 is 29.1 Å². The van der Waals surface area contributed by atoms with Gasteiger partial charge in [-0.15, -0.1) is 0 Å². The van der Waals surface area contributed by atoms with Crippen molar-refractivity contribution in [3.8, 4) is 5.75 Å². The zero-order valence-corrected chi connectivity index (χ0v) is 19.8. The van der Waals surface area contributed by atoms with Gasteiger partial charge in [0.25, 0.3) is 0 Å². The first kappa shape index (κ1) is 24.4. The van der Waals surface area contributed by atoms with Gasteiger partial charge in [0.1, 0.15) is 5.75 Å². The fourth-order valence-corrected chi connectivity index (χ4v) is 4.01. The Hall–Kier alpha value is -1.92. The first-order chi connectivity index (χ1) is 13.9. The van der Waals surface area contributed by atoms with E-state index in [9.17, 15) is 27.9 Å². The number of carboxylic acids is 1. The maximum Gasteiger partial charge on any atom is 0.419 e. The topological polar surface area (TPSA) is 70.1 Å². The van der Waals surface area contributed by atoms with Crippen LogP contribution < -0.4 is 4.74 Å². The van der Waals surface area contributed by atoms with Crippen LogP contribution in [0.5, 0.6) is 5.75 Å². The molecule has 0 saturated carbocycles. The van der Waals surface area contributed by atoms with Crippen molar-refractivity contribution in [2.45, 2.75) is 57.3 Å². The molecule has 2 atom stereocenters. The summed E-state index contributed by atoms with van der Waals surface area (Å²) in [5, 5.41) is 10.1. The third-order valence-corrected chi connectivity index (χ3v) is 6.51. The fourth-order valence-electron chi connectivity index (χ4n) is 3.48. The highest BCUT2D eigenvalue weighted by molar-refractivity contribution is 6.10. The van der Waals surface area contributed by atoms with Crippen LogP contribution in [0.15, 0.2) is 18.2 Å². The molecule has 10 heteroatoms. The van der Waals surface area contributed by atoms with Gasteiger partial charge >= 0.3 is 18.2 Å². The molecule has 1 aromatic rings. The lowest BCUT2D eigenvalue weighted by Crippen LogP contribution is -2.41. The molecule has 1 aromatic carbocycles. The average molecular weight is 444 g/mol. The van der Waals surface area contributed by atoms with Crippen molar-refractivity contribution in [1.29, 1.82) is 0 Å². The molecule has 6 nitrogen and oxygen atoms in total. The summed E-state index contributed by atoms with van der Waals surface area (Å²) in [6.45, 7) is 3.46. The second kappa shape index (κ2) is 9.48. The van der Waals surface area contributed by atoms with E-state index in [0.717, 1.165) is 27.8 Å². The van der Waals surface area contributed by atoms with E-state index in [0.29, 0.717) is 31.4 Å². The zero-order chi connectivity index (χ0) is 22.7. The molecule has 1 aliphatic heterocycles. The number of carboxylic acid groups (broad SMARTS) is 1. The molecule has 0 bridgehead atoms. The number of ether oxygens (including phenoxy) is 1. The monoisotopic (exact) mass is 444 g/mol. The maximum absolute atomic E-state index is 13.6. The van der Waals surface area contributed by atoms with Gasteiger partial charge in [-0.3, -0.25) is 0 Å². The molecular weight excluding hydrogens is 416 g/mol. The summed E-state index contributed by atoms with van der Waals surface area (Å²) in [6, 6.07) is 3.84. The Bertz CT molecular complexity index is 790. The molecule has 2 amide bonds. The van der Waals surface area contributed by atoms with Gasteiger partial charge in [-0.05, 0) is 55.7 Å². The van der Waals surface area contributed by atoms with E-state index in [2.05, 4.69) is 0 Å². The van der Waals surface area contributed by atoms with Crippen LogP contribution >= 0.6 is 0 Å². The number of amides is 2. The van der Waals surface area contributed by atoms with Crippen molar-refractivity contribution in [3.05, 3.63) is 29.3 Å². The summed E-state index contributed by atoms with van der Waals surface area (Å²) in [7, 11) is 1.76. The van der Waals surface area contributed by atoms with Crippen LogP contribution in [0, 0.1) is 0 Å². The molecule has 30 heavy (non-hydrogen) atoms. The molecule has 2 unspecified atom stereocenters. The molecule has 1 saturated heterocycles. The fraction of sp³-hybridized carbons (Fsp3) is 0.600. The summed E-state index contributed by atoms with van der Waals surface area (Å²) in [5.41, 5.74) is -2.22. The van der Waals surface area contributed by atoms with E-state index in [1.165, 1.54) is 19.1 Å². The molecule has 0 aromatic heterocycles. The number of urea groups is 1. The van der Waals surface area contributed by atoms with Crippen LogP contribution in [0.1, 0.15) is 44.2 Å². The standard InChI is InChI=1S/C20H26F3N2O4.Al.2H/c1-5-19(2,17(26)27)29-16-10-9-13(11-15(16)20(21,22)23)7-6-8-14-12-24(3)18(28)25(14)4;;;/h9-11,14H,3,5-8,12H2,1-2,4H3,(H,26,27);;;. The van der Waals surface area contributed by atoms with Crippen LogP contribution in [0.2, 0.25) is 0 Å². The third-order valence-electron chi connectivity index (χ3n) is 5.75. The number of aryl methyl sites for hydroxylation is 1. The smallest absolute Gasteiger partial charge is 0.419 e. The zero-order valence-electron chi connectivity index (χ0n) is 17.8. The lowest BCUT2D eigenvalue weighted by Gasteiger charge is -2.27. The normalized spacial score (nSPS) is 19.1. The van der Waals surface area contributed by atoms with E-state index in [-0.39, 0.29) is 18.5 Å². The van der Waals surface area contributed by atoms with E-state index in [4.69, 9.17) is 4.74 Å². The number of rotatable bonds is 9. The molecule has 1 N–H and O–H groups in total. The Morgan fingerprint density at radius 2 is 2.03 bits per heavy atom. The van der Waals surface area contributed by atoms with Crippen molar-refractivity contribution in [2.75, 3.05) is 19.0 Å². The van der Waals surface area contributed by atoms with Gasteiger partial charge in [0.2, 0.25) is 21.9 Å².